The first-order valence-electron chi connectivity index (χ1n) is 4.50. The van der Waals surface area contributed by atoms with Gasteiger partial charge in [-0.25, -0.2) is 0 Å². The first-order chi connectivity index (χ1) is 6.74. The second kappa shape index (κ2) is 5.66. The lowest BCUT2D eigenvalue weighted by Gasteiger charge is -2.08. The predicted molar refractivity (Wildman–Crippen MR) is 59.2 cm³/mol. The molecule has 0 aliphatic carbocycles. The Morgan fingerprint density at radius 3 is 3.00 bits per heavy atom. The number of unbranched alkanes of at least 4 members (excludes halogenated alkanes) is 1. The number of halogens is 1. The van der Waals surface area contributed by atoms with Crippen LogP contribution in [0.5, 0.6) is 5.75 Å². The Labute approximate surface area is 92.6 Å². The zero-order valence-electron chi connectivity index (χ0n) is 8.09. The van der Waals surface area contributed by atoms with Crippen LogP contribution in [0, 0.1) is 18.3 Å². The van der Waals surface area contributed by atoms with E-state index in [1.54, 1.807) is 0 Å². The number of hydrogen-bond acceptors (Lipinski definition) is 2. The van der Waals surface area contributed by atoms with Crippen LogP contribution in [0.15, 0.2) is 22.7 Å². The van der Waals surface area contributed by atoms with Crippen molar-refractivity contribution in [3.8, 4) is 11.8 Å². The zero-order chi connectivity index (χ0) is 10.4. The van der Waals surface area contributed by atoms with Crippen molar-refractivity contribution in [2.45, 2.75) is 19.8 Å². The van der Waals surface area contributed by atoms with E-state index < -0.39 is 0 Å². The van der Waals surface area contributed by atoms with Crippen LogP contribution in [-0.2, 0) is 0 Å². The van der Waals surface area contributed by atoms with E-state index in [2.05, 4.69) is 22.0 Å². The molecule has 0 spiro atoms. The first kappa shape index (κ1) is 11.1. The van der Waals surface area contributed by atoms with E-state index in [-0.39, 0.29) is 0 Å². The number of nitrogens with zero attached hydrogens (tertiary/aromatic N) is 1. The summed E-state index contributed by atoms with van der Waals surface area (Å²) < 4.78 is 6.55. The molecule has 0 aliphatic heterocycles. The van der Waals surface area contributed by atoms with Gasteiger partial charge in [0.15, 0.2) is 0 Å². The molecule has 1 aromatic carbocycles. The van der Waals surface area contributed by atoms with Crippen LogP contribution in [0.2, 0.25) is 0 Å². The molecule has 0 bridgehead atoms. The monoisotopic (exact) mass is 253 g/mol. The van der Waals surface area contributed by atoms with Gasteiger partial charge in [-0.3, -0.25) is 0 Å². The van der Waals surface area contributed by atoms with E-state index in [0.717, 1.165) is 22.2 Å². The second-order valence-electron chi connectivity index (χ2n) is 3.02. The molecule has 0 unspecified atom stereocenters. The summed E-state index contributed by atoms with van der Waals surface area (Å²) >= 11 is 3.39. The van der Waals surface area contributed by atoms with Gasteiger partial charge in [0.05, 0.1) is 12.7 Å². The van der Waals surface area contributed by atoms with Crippen molar-refractivity contribution < 1.29 is 4.74 Å². The van der Waals surface area contributed by atoms with E-state index in [9.17, 15) is 0 Å². The van der Waals surface area contributed by atoms with Gasteiger partial charge in [-0.2, -0.15) is 5.26 Å². The van der Waals surface area contributed by atoms with Crippen molar-refractivity contribution in [3.63, 3.8) is 0 Å². The van der Waals surface area contributed by atoms with Crippen LogP contribution in [0.3, 0.4) is 0 Å². The van der Waals surface area contributed by atoms with Crippen molar-refractivity contribution in [1.29, 1.82) is 5.26 Å². The summed E-state index contributed by atoms with van der Waals surface area (Å²) in [5.74, 6) is 0.886. The maximum Gasteiger partial charge on any atom is 0.123 e. The number of aryl methyl sites for hydroxylation is 1. The van der Waals surface area contributed by atoms with Crippen LogP contribution in [0.1, 0.15) is 18.4 Å². The highest BCUT2D eigenvalue weighted by Gasteiger charge is 1.99. The Bertz CT molecular complexity index is 344. The minimum atomic E-state index is 0.549. The molecule has 0 aromatic heterocycles. The second-order valence-corrected chi connectivity index (χ2v) is 3.94. The van der Waals surface area contributed by atoms with Crippen LogP contribution < -0.4 is 4.74 Å². The summed E-state index contributed by atoms with van der Waals surface area (Å²) in [6.07, 6.45) is 1.33. The van der Waals surface area contributed by atoms with Crippen LogP contribution in [0.4, 0.5) is 0 Å². The third-order valence-corrected chi connectivity index (χ3v) is 2.33. The Hall–Kier alpha value is -1.01. The summed E-state index contributed by atoms with van der Waals surface area (Å²) in [4.78, 5) is 0. The molecule has 3 heteroatoms. The number of hydrogen-bond donors (Lipinski definition) is 0. The van der Waals surface area contributed by atoms with Gasteiger partial charge in [-0.05, 0) is 31.0 Å². The Kier molecular flexibility index (Phi) is 4.48. The lowest BCUT2D eigenvalue weighted by molar-refractivity contribution is 0.310. The number of ether oxygens (including phenoxy) is 1. The lowest BCUT2D eigenvalue weighted by atomic mass is 10.2. The summed E-state index contributed by atoms with van der Waals surface area (Å²) in [5, 5.41) is 8.35. The fourth-order valence-corrected chi connectivity index (χ4v) is 1.40. The van der Waals surface area contributed by atoms with E-state index in [4.69, 9.17) is 10.00 Å². The average Bonchev–Trinajstić information content (AvgIpc) is 2.18. The molecule has 14 heavy (non-hydrogen) atoms. The molecule has 1 rings (SSSR count). The number of benzene rings is 1. The zero-order valence-corrected chi connectivity index (χ0v) is 9.67. The van der Waals surface area contributed by atoms with Gasteiger partial charge in [0, 0.05) is 10.9 Å². The van der Waals surface area contributed by atoms with E-state index in [0.29, 0.717) is 13.0 Å². The van der Waals surface area contributed by atoms with Crippen molar-refractivity contribution in [2.24, 2.45) is 0 Å². The molecule has 0 atom stereocenters. The highest BCUT2D eigenvalue weighted by molar-refractivity contribution is 9.10. The van der Waals surface area contributed by atoms with Crippen molar-refractivity contribution in [2.75, 3.05) is 6.61 Å². The van der Waals surface area contributed by atoms with Gasteiger partial charge >= 0.3 is 0 Å². The highest BCUT2D eigenvalue weighted by Crippen LogP contribution is 2.22. The molecule has 0 fully saturated rings. The van der Waals surface area contributed by atoms with Gasteiger partial charge in [0.25, 0.3) is 0 Å². The van der Waals surface area contributed by atoms with Gasteiger partial charge in [0.2, 0.25) is 0 Å². The molecule has 0 N–H and O–H groups in total. The summed E-state index contributed by atoms with van der Waals surface area (Å²) in [5.41, 5.74) is 1.12. The maximum absolute atomic E-state index is 8.35. The van der Waals surface area contributed by atoms with Gasteiger partial charge < -0.3 is 4.74 Å². The fourth-order valence-electron chi connectivity index (χ4n) is 1.06. The fraction of sp³-hybridized carbons (Fsp3) is 0.364. The Morgan fingerprint density at radius 1 is 1.50 bits per heavy atom. The van der Waals surface area contributed by atoms with Crippen molar-refractivity contribution in [1.82, 2.24) is 0 Å². The van der Waals surface area contributed by atoms with Crippen LogP contribution in [-0.4, -0.2) is 6.61 Å². The van der Waals surface area contributed by atoms with E-state index >= 15 is 0 Å². The first-order valence-corrected chi connectivity index (χ1v) is 5.29. The average molecular weight is 254 g/mol. The lowest BCUT2D eigenvalue weighted by Crippen LogP contribution is -1.98. The third-order valence-electron chi connectivity index (χ3n) is 1.84. The SMILES string of the molecule is Cc1ccc(Br)cc1OCCCC#N. The maximum atomic E-state index is 8.35. The molecule has 0 saturated heterocycles. The summed E-state index contributed by atoms with van der Waals surface area (Å²) in [6, 6.07) is 8.02. The number of nitriles is 1. The predicted octanol–water partition coefficient (Wildman–Crippen LogP) is 3.44. The Morgan fingerprint density at radius 2 is 2.29 bits per heavy atom. The van der Waals surface area contributed by atoms with Gasteiger partial charge in [-0.15, -0.1) is 0 Å². The largest absolute Gasteiger partial charge is 0.493 e. The van der Waals surface area contributed by atoms with Crippen molar-refractivity contribution in [3.05, 3.63) is 28.2 Å². The summed E-state index contributed by atoms with van der Waals surface area (Å²) in [7, 11) is 0. The molecule has 1 aromatic rings. The number of rotatable bonds is 4. The molecule has 0 amide bonds. The smallest absolute Gasteiger partial charge is 0.123 e. The molecule has 0 heterocycles. The van der Waals surface area contributed by atoms with Crippen LogP contribution >= 0.6 is 15.9 Å². The molecule has 2 nitrogen and oxygen atoms in total. The highest BCUT2D eigenvalue weighted by atomic mass is 79.9. The van der Waals surface area contributed by atoms with Crippen LogP contribution in [0.25, 0.3) is 0 Å². The molecular weight excluding hydrogens is 242 g/mol. The normalized spacial score (nSPS) is 9.50. The van der Waals surface area contributed by atoms with Gasteiger partial charge in [-0.1, -0.05) is 22.0 Å². The van der Waals surface area contributed by atoms with E-state index in [1.165, 1.54) is 0 Å². The molecule has 0 aliphatic rings. The molecule has 0 radical (unpaired) electrons. The quantitative estimate of drug-likeness (QED) is 0.771. The molecule has 0 saturated carbocycles. The van der Waals surface area contributed by atoms with E-state index in [1.807, 2.05) is 25.1 Å². The molecular formula is C11H12BrNO. The Balaban J connectivity index is 2.50. The third kappa shape index (κ3) is 3.39. The minimum Gasteiger partial charge on any atom is -0.493 e. The standard InChI is InChI=1S/C11H12BrNO/c1-9-4-5-10(12)8-11(9)14-7-3-2-6-13/h4-5,8H,2-3,7H2,1H3. The molecule has 74 valence electrons. The summed E-state index contributed by atoms with van der Waals surface area (Å²) in [6.45, 7) is 2.61. The topological polar surface area (TPSA) is 33.0 Å². The van der Waals surface area contributed by atoms with Gasteiger partial charge in [0.1, 0.15) is 5.75 Å². The van der Waals surface area contributed by atoms with Crippen molar-refractivity contribution >= 4 is 15.9 Å². The minimum absolute atomic E-state index is 0.549.